The zero-order valence-electron chi connectivity index (χ0n) is 25.8. The van der Waals surface area contributed by atoms with E-state index in [1.165, 1.54) is 30.4 Å². The van der Waals surface area contributed by atoms with Crippen LogP contribution in [0.15, 0.2) is 62.7 Å². The quantitative estimate of drug-likeness (QED) is 0.304. The molecule has 1 atom stereocenters. The molecule has 0 saturated heterocycles. The summed E-state index contributed by atoms with van der Waals surface area (Å²) in [6.07, 6.45) is 4.80. The minimum Gasteiger partial charge on any atom is -0.485 e. The van der Waals surface area contributed by atoms with Crippen LogP contribution in [0.1, 0.15) is 122 Å². The van der Waals surface area contributed by atoms with Gasteiger partial charge in [0.15, 0.2) is 0 Å². The highest BCUT2D eigenvalue weighted by Crippen LogP contribution is 2.46. The average Bonchev–Trinajstić information content (AvgIpc) is 3.50. The van der Waals surface area contributed by atoms with E-state index in [0.29, 0.717) is 16.9 Å². The number of aryl methyl sites for hydroxylation is 3. The average molecular weight is 549 g/mol. The fourth-order valence-electron chi connectivity index (χ4n) is 4.95. The minimum atomic E-state index is -0.605. The molecule has 2 aliphatic rings. The van der Waals surface area contributed by atoms with Crippen molar-refractivity contribution in [2.24, 2.45) is 10.8 Å². The van der Waals surface area contributed by atoms with Gasteiger partial charge in [0.1, 0.15) is 23.4 Å². The molecule has 1 aliphatic heterocycles. The van der Waals surface area contributed by atoms with Crippen LogP contribution < -0.4 is 5.82 Å². The molecule has 0 spiro atoms. The maximum atomic E-state index is 10.7. The van der Waals surface area contributed by atoms with Crippen molar-refractivity contribution in [3.63, 3.8) is 0 Å². The Morgan fingerprint density at radius 1 is 0.875 bits per heavy atom. The summed E-state index contributed by atoms with van der Waals surface area (Å²) in [4.78, 5) is 10.7. The molecule has 2 heterocycles. The molecule has 0 saturated carbocycles. The molecule has 0 fully saturated rings. The van der Waals surface area contributed by atoms with Crippen LogP contribution in [-0.4, -0.2) is 0 Å². The van der Waals surface area contributed by atoms with E-state index < -0.39 is 5.82 Å². The van der Waals surface area contributed by atoms with E-state index in [4.69, 9.17) is 13.6 Å². The van der Waals surface area contributed by atoms with Gasteiger partial charge in [-0.3, -0.25) is 0 Å². The first kappa shape index (κ1) is 33.2. The molecule has 1 unspecified atom stereocenters. The van der Waals surface area contributed by atoms with Gasteiger partial charge in [-0.25, -0.2) is 4.79 Å². The topological polar surface area (TPSA) is 52.6 Å². The molecule has 2 aromatic carbocycles. The lowest BCUT2D eigenvalue weighted by molar-refractivity contribution is 0.0751. The maximum absolute atomic E-state index is 10.7. The Kier molecular flexibility index (Phi) is 10.5. The highest BCUT2D eigenvalue weighted by molar-refractivity contribution is 5.65. The van der Waals surface area contributed by atoms with Gasteiger partial charge in [0.2, 0.25) is 0 Å². The number of fused-ring (bicyclic) bond motifs is 2. The normalized spacial score (nSPS) is 15.9. The van der Waals surface area contributed by atoms with Gasteiger partial charge in [-0.05, 0) is 53.7 Å². The molecule has 4 nitrogen and oxygen atoms in total. The predicted molar refractivity (Wildman–Crippen MR) is 168 cm³/mol. The molecule has 4 heteroatoms. The Morgan fingerprint density at radius 2 is 1.50 bits per heavy atom. The van der Waals surface area contributed by atoms with Gasteiger partial charge >= 0.3 is 5.82 Å². The Bertz CT molecular complexity index is 1330. The van der Waals surface area contributed by atoms with Crippen LogP contribution in [-0.2, 0) is 29.4 Å². The Morgan fingerprint density at radius 3 is 2.05 bits per heavy atom. The SMILES string of the molecule is C.C=C1OC(C(C)(C)C)c2ccccc21.CC(C)(C)c1ccc2c(c1)CCC2.Cc1oc(=O)oc1CC(C)(C)C. The van der Waals surface area contributed by atoms with Crippen LogP contribution in [0.25, 0.3) is 5.76 Å². The van der Waals surface area contributed by atoms with E-state index in [1.807, 2.05) is 6.07 Å². The van der Waals surface area contributed by atoms with Crippen LogP contribution in [0.5, 0.6) is 0 Å². The van der Waals surface area contributed by atoms with Gasteiger partial charge in [0.05, 0.1) is 0 Å². The van der Waals surface area contributed by atoms with Crippen molar-refractivity contribution in [3.8, 4) is 0 Å². The molecule has 40 heavy (non-hydrogen) atoms. The Labute approximate surface area is 242 Å². The summed E-state index contributed by atoms with van der Waals surface area (Å²) in [5.74, 6) is 1.45. The van der Waals surface area contributed by atoms with Crippen molar-refractivity contribution in [1.29, 1.82) is 0 Å². The fraction of sp³-hybridized carbons (Fsp3) is 0.528. The summed E-state index contributed by atoms with van der Waals surface area (Å²) in [5, 5.41) is 0. The van der Waals surface area contributed by atoms with Gasteiger partial charge in [-0.1, -0.05) is 119 Å². The van der Waals surface area contributed by atoms with Crippen molar-refractivity contribution in [2.45, 2.75) is 114 Å². The van der Waals surface area contributed by atoms with E-state index in [-0.39, 0.29) is 24.4 Å². The molecule has 0 amide bonds. The minimum absolute atomic E-state index is 0. The van der Waals surface area contributed by atoms with Gasteiger partial charge in [-0.2, -0.15) is 0 Å². The largest absolute Gasteiger partial charge is 0.519 e. The van der Waals surface area contributed by atoms with Crippen LogP contribution in [0.4, 0.5) is 0 Å². The molecular weight excluding hydrogens is 496 g/mol. The van der Waals surface area contributed by atoms with Crippen molar-refractivity contribution < 1.29 is 13.6 Å². The highest BCUT2D eigenvalue weighted by atomic mass is 16.6. The van der Waals surface area contributed by atoms with E-state index >= 15 is 0 Å². The first-order chi connectivity index (χ1) is 18.0. The summed E-state index contributed by atoms with van der Waals surface area (Å²) in [6.45, 7) is 25.3. The van der Waals surface area contributed by atoms with Crippen LogP contribution in [0.3, 0.4) is 0 Å². The molecule has 0 radical (unpaired) electrons. The third kappa shape index (κ3) is 8.74. The third-order valence-electron chi connectivity index (χ3n) is 7.08. The predicted octanol–water partition coefficient (Wildman–Crippen LogP) is 10.0. The molecule has 3 aromatic rings. The molecule has 1 aromatic heterocycles. The van der Waals surface area contributed by atoms with E-state index in [9.17, 15) is 4.79 Å². The molecule has 1 aliphatic carbocycles. The second-order valence-electron chi connectivity index (χ2n) is 14.1. The maximum Gasteiger partial charge on any atom is 0.519 e. The lowest BCUT2D eigenvalue weighted by Gasteiger charge is -2.26. The van der Waals surface area contributed by atoms with Crippen molar-refractivity contribution in [2.75, 3.05) is 0 Å². The smallest absolute Gasteiger partial charge is 0.485 e. The summed E-state index contributed by atoms with van der Waals surface area (Å²) in [6, 6.07) is 15.3. The zero-order valence-corrected chi connectivity index (χ0v) is 25.8. The molecule has 0 N–H and O–H groups in total. The lowest BCUT2D eigenvalue weighted by atomic mass is 9.84. The second-order valence-corrected chi connectivity index (χ2v) is 14.1. The highest BCUT2D eigenvalue weighted by Gasteiger charge is 2.35. The van der Waals surface area contributed by atoms with Crippen molar-refractivity contribution in [1.82, 2.24) is 0 Å². The number of benzene rings is 2. The standard InChI is InChI=1S/C13H16O.C13H18.C9H14O3.CH4/c1-9-10-7-5-6-8-11(10)12(14-9)13(2,3)4;1-13(2,3)12-8-7-10-5-4-6-11(10)9-12;1-6-7(5-9(2,3)4)12-8(10)11-6;/h5-8,12H,1H2,2-4H3;7-9H,4-6H2,1-3H3;5H2,1-4H3;1H4. The van der Waals surface area contributed by atoms with E-state index in [0.717, 1.165) is 17.7 Å². The van der Waals surface area contributed by atoms with E-state index in [2.05, 4.69) is 105 Å². The first-order valence-corrected chi connectivity index (χ1v) is 14.1. The van der Waals surface area contributed by atoms with Crippen molar-refractivity contribution in [3.05, 3.63) is 99.0 Å². The number of ether oxygens (including phenoxy) is 1. The van der Waals surface area contributed by atoms with Crippen LogP contribution in [0.2, 0.25) is 0 Å². The van der Waals surface area contributed by atoms with Gasteiger partial charge in [0.25, 0.3) is 0 Å². The molecule has 220 valence electrons. The zero-order chi connectivity index (χ0) is 29.2. The fourth-order valence-corrected chi connectivity index (χ4v) is 4.95. The molecular formula is C36H52O4. The van der Waals surface area contributed by atoms with E-state index in [1.54, 1.807) is 18.1 Å². The third-order valence-corrected chi connectivity index (χ3v) is 7.08. The summed E-state index contributed by atoms with van der Waals surface area (Å²) in [7, 11) is 0. The number of hydrogen-bond acceptors (Lipinski definition) is 4. The lowest BCUT2D eigenvalue weighted by Crippen LogP contribution is -2.17. The van der Waals surface area contributed by atoms with Crippen LogP contribution in [0, 0.1) is 17.8 Å². The number of hydrogen-bond donors (Lipinski definition) is 0. The van der Waals surface area contributed by atoms with Crippen molar-refractivity contribution >= 4 is 5.76 Å². The van der Waals surface area contributed by atoms with Gasteiger partial charge in [0, 0.05) is 23.0 Å². The Hall–Kier alpha value is -3.01. The van der Waals surface area contributed by atoms with Gasteiger partial charge < -0.3 is 13.6 Å². The summed E-state index contributed by atoms with van der Waals surface area (Å²) in [5.41, 5.74) is 7.61. The number of rotatable bonds is 1. The second kappa shape index (κ2) is 12.7. The summed E-state index contributed by atoms with van der Waals surface area (Å²) < 4.78 is 15.4. The van der Waals surface area contributed by atoms with Gasteiger partial charge in [-0.15, -0.1) is 0 Å². The monoisotopic (exact) mass is 548 g/mol. The first-order valence-electron chi connectivity index (χ1n) is 14.1. The van der Waals surface area contributed by atoms with Crippen LogP contribution >= 0.6 is 0 Å². The Balaban J connectivity index is 0.000000208. The molecule has 0 bridgehead atoms. The molecule has 5 rings (SSSR count). The summed E-state index contributed by atoms with van der Waals surface area (Å²) >= 11 is 0.